The zero-order valence-electron chi connectivity index (χ0n) is 11.9. The first-order valence-electron chi connectivity index (χ1n) is 6.95. The molecular weight excluding hydrogens is 273 g/mol. The zero-order valence-corrected chi connectivity index (χ0v) is 11.9. The van der Waals surface area contributed by atoms with Gasteiger partial charge in [-0.1, -0.05) is 0 Å². The smallest absolute Gasteiger partial charge is 0.324 e. The Balaban J connectivity index is 2.14. The number of nitrogens with zero attached hydrogens (tertiary/aromatic N) is 2. The summed E-state index contributed by atoms with van der Waals surface area (Å²) in [5.41, 5.74) is 0.968. The van der Waals surface area contributed by atoms with Crippen LogP contribution < -0.4 is 5.32 Å². The number of carbonyl (C=O) groups excluding carboxylic acids is 1. The van der Waals surface area contributed by atoms with Gasteiger partial charge in [0.1, 0.15) is 11.9 Å². The predicted octanol–water partition coefficient (Wildman–Crippen LogP) is 1.03. The Kier molecular flexibility index (Phi) is 5.26. The second-order valence-corrected chi connectivity index (χ2v) is 4.90. The molecule has 1 aliphatic heterocycles. The number of carbonyl (C=O) groups is 1. The van der Waals surface area contributed by atoms with Gasteiger partial charge in [0.25, 0.3) is 0 Å². The number of nitriles is 1. The Bertz CT molecular complexity index is 556. The van der Waals surface area contributed by atoms with Crippen LogP contribution in [0.1, 0.15) is 18.1 Å². The highest BCUT2D eigenvalue weighted by Gasteiger charge is 2.29. The Morgan fingerprint density at radius 1 is 1.57 bits per heavy atom. The summed E-state index contributed by atoms with van der Waals surface area (Å²) in [5, 5.41) is 12.0. The molecule has 0 bridgehead atoms. The van der Waals surface area contributed by atoms with Crippen LogP contribution in [0.3, 0.4) is 0 Å². The van der Waals surface area contributed by atoms with Crippen molar-refractivity contribution < 1.29 is 13.9 Å². The molecule has 0 aliphatic carbocycles. The number of piperazine rings is 1. The lowest BCUT2D eigenvalue weighted by atomic mass is 10.1. The third-order valence-electron chi connectivity index (χ3n) is 3.39. The summed E-state index contributed by atoms with van der Waals surface area (Å²) < 4.78 is 18.5. The van der Waals surface area contributed by atoms with E-state index < -0.39 is 5.82 Å². The zero-order chi connectivity index (χ0) is 15.2. The summed E-state index contributed by atoms with van der Waals surface area (Å²) in [7, 11) is 0. The van der Waals surface area contributed by atoms with E-state index in [1.807, 2.05) is 11.0 Å². The highest BCUT2D eigenvalue weighted by Crippen LogP contribution is 2.15. The molecule has 1 N–H and O–H groups in total. The summed E-state index contributed by atoms with van der Waals surface area (Å²) in [6.45, 7) is 4.46. The van der Waals surface area contributed by atoms with Crippen molar-refractivity contribution in [2.45, 2.75) is 19.5 Å². The van der Waals surface area contributed by atoms with Crippen LogP contribution >= 0.6 is 0 Å². The molecule has 1 aromatic rings. The lowest BCUT2D eigenvalue weighted by Crippen LogP contribution is -2.54. The van der Waals surface area contributed by atoms with Crippen LogP contribution in [0.4, 0.5) is 4.39 Å². The molecule has 0 saturated carbocycles. The van der Waals surface area contributed by atoms with Gasteiger partial charge in [-0.15, -0.1) is 0 Å². The van der Waals surface area contributed by atoms with Crippen molar-refractivity contribution >= 4 is 5.97 Å². The molecule has 1 saturated heterocycles. The maximum atomic E-state index is 13.5. The molecule has 1 heterocycles. The molecule has 21 heavy (non-hydrogen) atoms. The van der Waals surface area contributed by atoms with Gasteiger partial charge < -0.3 is 10.1 Å². The van der Waals surface area contributed by atoms with Gasteiger partial charge in [-0.2, -0.15) is 5.26 Å². The first-order chi connectivity index (χ1) is 10.1. The number of benzene rings is 1. The molecule has 0 amide bonds. The van der Waals surface area contributed by atoms with Crippen molar-refractivity contribution in [2.24, 2.45) is 0 Å². The van der Waals surface area contributed by atoms with Crippen LogP contribution in [0.15, 0.2) is 18.2 Å². The van der Waals surface area contributed by atoms with Crippen molar-refractivity contribution in [3.63, 3.8) is 0 Å². The number of esters is 1. The van der Waals surface area contributed by atoms with Crippen LogP contribution in [0, 0.1) is 17.1 Å². The molecule has 1 fully saturated rings. The third kappa shape index (κ3) is 4.00. The van der Waals surface area contributed by atoms with Crippen LogP contribution in [0.5, 0.6) is 0 Å². The van der Waals surface area contributed by atoms with Crippen LogP contribution in [0.25, 0.3) is 0 Å². The number of hydrogen-bond acceptors (Lipinski definition) is 5. The lowest BCUT2D eigenvalue weighted by Gasteiger charge is -2.34. The molecule has 0 aromatic heterocycles. The Labute approximate surface area is 123 Å². The highest BCUT2D eigenvalue weighted by atomic mass is 19.1. The fourth-order valence-corrected chi connectivity index (χ4v) is 2.45. The van der Waals surface area contributed by atoms with Gasteiger partial charge in [-0.3, -0.25) is 9.69 Å². The number of nitrogens with one attached hydrogen (secondary N) is 1. The summed E-state index contributed by atoms with van der Waals surface area (Å²) in [6, 6.07) is 5.79. The van der Waals surface area contributed by atoms with Crippen molar-refractivity contribution in [3.8, 4) is 6.07 Å². The molecule has 1 atom stereocenters. The van der Waals surface area contributed by atoms with Crippen molar-refractivity contribution in [1.29, 1.82) is 5.26 Å². The molecule has 2 rings (SSSR count). The quantitative estimate of drug-likeness (QED) is 0.840. The fourth-order valence-electron chi connectivity index (χ4n) is 2.45. The molecule has 112 valence electrons. The first kappa shape index (κ1) is 15.4. The lowest BCUT2D eigenvalue weighted by molar-refractivity contribution is -0.150. The topological polar surface area (TPSA) is 65.4 Å². The monoisotopic (exact) mass is 291 g/mol. The summed E-state index contributed by atoms with van der Waals surface area (Å²) in [6.07, 6.45) is 0. The number of rotatable bonds is 4. The predicted molar refractivity (Wildman–Crippen MR) is 74.8 cm³/mol. The number of ether oxygens (including phenoxy) is 1. The summed E-state index contributed by atoms with van der Waals surface area (Å²) >= 11 is 0. The molecule has 0 radical (unpaired) electrons. The molecular formula is C15H18FN3O2. The van der Waals surface area contributed by atoms with E-state index in [1.54, 1.807) is 13.0 Å². The molecule has 1 unspecified atom stereocenters. The third-order valence-corrected chi connectivity index (χ3v) is 3.39. The van der Waals surface area contributed by atoms with E-state index in [0.717, 1.165) is 6.54 Å². The summed E-state index contributed by atoms with van der Waals surface area (Å²) in [5.74, 6) is -0.714. The normalized spacial score (nSPS) is 19.0. The second kappa shape index (κ2) is 7.16. The minimum absolute atomic E-state index is 0.276. The molecule has 0 spiro atoms. The van der Waals surface area contributed by atoms with Crippen LogP contribution in [-0.4, -0.2) is 43.2 Å². The minimum Gasteiger partial charge on any atom is -0.465 e. The van der Waals surface area contributed by atoms with Gasteiger partial charge in [0.2, 0.25) is 0 Å². The van der Waals surface area contributed by atoms with Crippen molar-refractivity contribution in [3.05, 3.63) is 35.1 Å². The minimum atomic E-state index is -0.438. The van der Waals surface area contributed by atoms with Crippen molar-refractivity contribution in [2.75, 3.05) is 26.2 Å². The average molecular weight is 291 g/mol. The second-order valence-electron chi connectivity index (χ2n) is 4.90. The van der Waals surface area contributed by atoms with E-state index in [9.17, 15) is 9.18 Å². The Morgan fingerprint density at radius 3 is 3.10 bits per heavy atom. The average Bonchev–Trinajstić information content (AvgIpc) is 2.47. The van der Waals surface area contributed by atoms with Crippen LogP contribution in [-0.2, 0) is 16.1 Å². The first-order valence-corrected chi connectivity index (χ1v) is 6.95. The maximum Gasteiger partial charge on any atom is 0.324 e. The maximum absolute atomic E-state index is 13.5. The van der Waals surface area contributed by atoms with Gasteiger partial charge in [0.05, 0.1) is 18.2 Å². The SMILES string of the molecule is CCOC(=O)C1CNCCN1Cc1cc(F)cc(C#N)c1. The number of hydrogen-bond donors (Lipinski definition) is 1. The molecule has 1 aliphatic rings. The van der Waals surface area contributed by atoms with E-state index >= 15 is 0 Å². The van der Waals surface area contributed by atoms with Gasteiger partial charge >= 0.3 is 5.97 Å². The van der Waals surface area contributed by atoms with Crippen LogP contribution in [0.2, 0.25) is 0 Å². The highest BCUT2D eigenvalue weighted by molar-refractivity contribution is 5.76. The van der Waals surface area contributed by atoms with Gasteiger partial charge in [-0.25, -0.2) is 4.39 Å². The summed E-state index contributed by atoms with van der Waals surface area (Å²) in [4.78, 5) is 13.9. The van der Waals surface area contributed by atoms with Gasteiger partial charge in [0, 0.05) is 26.2 Å². The standard InChI is InChI=1S/C15H18FN3O2/c1-2-21-15(20)14-9-18-3-4-19(14)10-12-5-11(8-17)6-13(16)7-12/h5-7,14,18H,2-4,9-10H2,1H3. The Morgan fingerprint density at radius 2 is 2.38 bits per heavy atom. The van der Waals surface area contributed by atoms with E-state index in [1.165, 1.54) is 12.1 Å². The Hall–Kier alpha value is -1.97. The number of halogens is 1. The van der Waals surface area contributed by atoms with E-state index in [-0.39, 0.29) is 17.6 Å². The van der Waals surface area contributed by atoms with Gasteiger partial charge in [-0.05, 0) is 30.7 Å². The largest absolute Gasteiger partial charge is 0.465 e. The van der Waals surface area contributed by atoms with E-state index in [2.05, 4.69) is 5.32 Å². The molecule has 6 heteroatoms. The van der Waals surface area contributed by atoms with Gasteiger partial charge in [0.15, 0.2) is 0 Å². The van der Waals surface area contributed by atoms with E-state index in [4.69, 9.17) is 10.00 Å². The van der Waals surface area contributed by atoms with E-state index in [0.29, 0.717) is 31.8 Å². The molecule has 5 nitrogen and oxygen atoms in total. The molecule has 1 aromatic carbocycles. The van der Waals surface area contributed by atoms with Crippen molar-refractivity contribution in [1.82, 2.24) is 10.2 Å². The fraction of sp³-hybridized carbons (Fsp3) is 0.467.